The lowest BCUT2D eigenvalue weighted by atomic mass is 9.92. The molecule has 0 radical (unpaired) electrons. The minimum Gasteiger partial charge on any atom is -0.364 e. The number of nitrogens with zero attached hydrogens (tertiary/aromatic N) is 3. The van der Waals surface area contributed by atoms with Gasteiger partial charge in [-0.3, -0.25) is 10.1 Å². The molecular formula is C12H17ClN4O2. The van der Waals surface area contributed by atoms with Gasteiger partial charge in [0.2, 0.25) is 11.1 Å². The molecule has 2 rings (SSSR count). The van der Waals surface area contributed by atoms with Gasteiger partial charge in [0.25, 0.3) is 0 Å². The lowest BCUT2D eigenvalue weighted by molar-refractivity contribution is -0.385. The first-order valence-corrected chi connectivity index (χ1v) is 6.66. The summed E-state index contributed by atoms with van der Waals surface area (Å²) in [6.45, 7) is 6.58. The van der Waals surface area contributed by atoms with E-state index in [0.717, 1.165) is 12.8 Å². The van der Waals surface area contributed by atoms with Crippen molar-refractivity contribution in [1.82, 2.24) is 9.97 Å². The summed E-state index contributed by atoms with van der Waals surface area (Å²) in [6.07, 6.45) is 2.28. The molecule has 7 heteroatoms. The van der Waals surface area contributed by atoms with Crippen LogP contribution in [0.1, 0.15) is 32.4 Å². The van der Waals surface area contributed by atoms with Crippen molar-refractivity contribution in [2.45, 2.75) is 33.6 Å². The Labute approximate surface area is 116 Å². The molecule has 1 aromatic heterocycles. The summed E-state index contributed by atoms with van der Waals surface area (Å²) in [7, 11) is 0. The molecule has 1 aliphatic rings. The second kappa shape index (κ2) is 4.92. The summed E-state index contributed by atoms with van der Waals surface area (Å²) >= 11 is 5.77. The number of halogens is 1. The molecule has 104 valence electrons. The van der Waals surface area contributed by atoms with E-state index >= 15 is 0 Å². The van der Waals surface area contributed by atoms with Crippen molar-refractivity contribution in [3.05, 3.63) is 21.1 Å². The smallest absolute Gasteiger partial charge is 0.332 e. The van der Waals surface area contributed by atoms with E-state index < -0.39 is 4.92 Å². The third-order valence-electron chi connectivity index (χ3n) is 3.94. The molecule has 0 aromatic carbocycles. The quantitative estimate of drug-likeness (QED) is 0.510. The van der Waals surface area contributed by atoms with Crippen LogP contribution in [0.4, 0.5) is 11.5 Å². The number of hydrogen-bond acceptors (Lipinski definition) is 5. The van der Waals surface area contributed by atoms with Crippen molar-refractivity contribution in [3.8, 4) is 0 Å². The zero-order chi connectivity index (χ0) is 14.2. The highest BCUT2D eigenvalue weighted by Gasteiger charge is 2.45. The maximum Gasteiger partial charge on any atom is 0.332 e. The van der Waals surface area contributed by atoms with Gasteiger partial charge in [0.05, 0.1) is 4.92 Å². The molecule has 1 fully saturated rings. The third kappa shape index (κ3) is 2.78. The predicted octanol–water partition coefficient (Wildman–Crippen LogP) is 3.19. The molecule has 0 bridgehead atoms. The van der Waals surface area contributed by atoms with Crippen molar-refractivity contribution in [1.29, 1.82) is 0 Å². The topological polar surface area (TPSA) is 81.0 Å². The van der Waals surface area contributed by atoms with E-state index in [9.17, 15) is 10.1 Å². The predicted molar refractivity (Wildman–Crippen MR) is 73.4 cm³/mol. The van der Waals surface area contributed by atoms with Gasteiger partial charge in [0.15, 0.2) is 0 Å². The molecule has 0 saturated heterocycles. The van der Waals surface area contributed by atoms with E-state index in [0.29, 0.717) is 12.5 Å². The first-order chi connectivity index (χ1) is 8.85. The normalized spacial score (nSPS) is 16.5. The molecule has 1 saturated carbocycles. The summed E-state index contributed by atoms with van der Waals surface area (Å²) in [5.41, 5.74) is 0.421. The van der Waals surface area contributed by atoms with Crippen molar-refractivity contribution in [3.63, 3.8) is 0 Å². The first kappa shape index (κ1) is 14.0. The van der Waals surface area contributed by atoms with Crippen molar-refractivity contribution >= 4 is 23.1 Å². The van der Waals surface area contributed by atoms with E-state index in [1.807, 2.05) is 0 Å². The second-order valence-corrected chi connectivity index (χ2v) is 5.74. The van der Waals surface area contributed by atoms with Crippen LogP contribution in [-0.4, -0.2) is 21.4 Å². The Kier molecular flexibility index (Phi) is 3.62. The van der Waals surface area contributed by atoms with Gasteiger partial charge >= 0.3 is 5.69 Å². The van der Waals surface area contributed by atoms with Gasteiger partial charge < -0.3 is 5.32 Å². The number of anilines is 1. The number of aryl methyl sites for hydroxylation is 1. The summed E-state index contributed by atoms with van der Waals surface area (Å²) in [4.78, 5) is 18.4. The minimum absolute atomic E-state index is 0.0278. The van der Waals surface area contributed by atoms with Gasteiger partial charge in [-0.15, -0.1) is 0 Å². The zero-order valence-corrected chi connectivity index (χ0v) is 12.0. The second-order valence-electron chi connectivity index (χ2n) is 5.40. The van der Waals surface area contributed by atoms with E-state index in [1.165, 1.54) is 0 Å². The molecule has 6 nitrogen and oxygen atoms in total. The number of nitrogens with one attached hydrogen (secondary N) is 1. The summed E-state index contributed by atoms with van der Waals surface area (Å²) in [6, 6.07) is 0. The van der Waals surface area contributed by atoms with Gasteiger partial charge in [0.1, 0.15) is 5.69 Å². The summed E-state index contributed by atoms with van der Waals surface area (Å²) in [5.74, 6) is 0.756. The Hall–Kier alpha value is -1.43. The van der Waals surface area contributed by atoms with Crippen LogP contribution in [0.2, 0.25) is 5.28 Å². The molecule has 1 aliphatic carbocycles. The fourth-order valence-corrected chi connectivity index (χ4v) is 2.46. The molecule has 0 unspecified atom stereocenters. The minimum atomic E-state index is -0.469. The number of aromatic nitrogens is 2. The Balaban J connectivity index is 2.22. The number of rotatable bonds is 5. The van der Waals surface area contributed by atoms with Gasteiger partial charge in [-0.05, 0) is 42.7 Å². The van der Waals surface area contributed by atoms with Crippen molar-refractivity contribution in [2.75, 3.05) is 11.9 Å². The van der Waals surface area contributed by atoms with Crippen LogP contribution in [0.15, 0.2) is 0 Å². The zero-order valence-electron chi connectivity index (χ0n) is 11.2. The maximum absolute atomic E-state index is 11.1. The summed E-state index contributed by atoms with van der Waals surface area (Å²) in [5, 5.41) is 14.2. The highest BCUT2D eigenvalue weighted by molar-refractivity contribution is 6.28. The maximum atomic E-state index is 11.1. The van der Waals surface area contributed by atoms with E-state index in [4.69, 9.17) is 11.6 Å². The third-order valence-corrected chi connectivity index (χ3v) is 4.11. The van der Waals surface area contributed by atoms with Crippen LogP contribution in [0.25, 0.3) is 0 Å². The van der Waals surface area contributed by atoms with Crippen LogP contribution in [0.3, 0.4) is 0 Å². The van der Waals surface area contributed by atoms with Crippen molar-refractivity contribution < 1.29 is 4.92 Å². The van der Waals surface area contributed by atoms with Gasteiger partial charge in [-0.2, -0.15) is 4.98 Å². The molecule has 1 heterocycles. The van der Waals surface area contributed by atoms with Gasteiger partial charge in [-0.1, -0.05) is 13.8 Å². The standard InChI is InChI=1S/C12H17ClN4O2/c1-7(2)12(4-5-12)6-14-10-9(17(18)19)8(3)15-11(13)16-10/h7H,4-6H2,1-3H3,(H,14,15,16). The molecule has 0 atom stereocenters. The average Bonchev–Trinajstić information content (AvgIpc) is 3.05. The highest BCUT2D eigenvalue weighted by Crippen LogP contribution is 2.51. The first-order valence-electron chi connectivity index (χ1n) is 6.28. The fraction of sp³-hybridized carbons (Fsp3) is 0.667. The monoisotopic (exact) mass is 284 g/mol. The van der Waals surface area contributed by atoms with E-state index in [2.05, 4.69) is 29.1 Å². The van der Waals surface area contributed by atoms with Crippen LogP contribution in [0.5, 0.6) is 0 Å². The molecular weight excluding hydrogens is 268 g/mol. The van der Waals surface area contributed by atoms with Crippen LogP contribution in [0, 0.1) is 28.4 Å². The number of hydrogen-bond donors (Lipinski definition) is 1. The summed E-state index contributed by atoms with van der Waals surface area (Å²) < 4.78 is 0. The number of nitro groups is 1. The lowest BCUT2D eigenvalue weighted by Crippen LogP contribution is -2.22. The molecule has 1 N–H and O–H groups in total. The SMILES string of the molecule is Cc1nc(Cl)nc(NCC2(C(C)C)CC2)c1[N+](=O)[O-]. The van der Waals surface area contributed by atoms with E-state index in [1.54, 1.807) is 6.92 Å². The Morgan fingerprint density at radius 2 is 2.11 bits per heavy atom. The molecule has 1 aromatic rings. The van der Waals surface area contributed by atoms with Crippen molar-refractivity contribution in [2.24, 2.45) is 11.3 Å². The molecule has 19 heavy (non-hydrogen) atoms. The van der Waals surface area contributed by atoms with Gasteiger partial charge in [-0.25, -0.2) is 4.98 Å². The van der Waals surface area contributed by atoms with Crippen LogP contribution in [-0.2, 0) is 0 Å². The van der Waals surface area contributed by atoms with Crippen LogP contribution >= 0.6 is 11.6 Å². The molecule has 0 spiro atoms. The molecule has 0 aliphatic heterocycles. The van der Waals surface area contributed by atoms with Crippen LogP contribution < -0.4 is 5.32 Å². The van der Waals surface area contributed by atoms with E-state index in [-0.39, 0.29) is 27.9 Å². The highest BCUT2D eigenvalue weighted by atomic mass is 35.5. The fourth-order valence-electron chi connectivity index (χ4n) is 2.25. The average molecular weight is 285 g/mol. The molecule has 0 amide bonds. The Morgan fingerprint density at radius 1 is 1.47 bits per heavy atom. The largest absolute Gasteiger partial charge is 0.364 e. The Morgan fingerprint density at radius 3 is 2.58 bits per heavy atom. The lowest BCUT2D eigenvalue weighted by Gasteiger charge is -2.20. The van der Waals surface area contributed by atoms with Gasteiger partial charge in [0, 0.05) is 6.54 Å². The Bertz CT molecular complexity index is 515.